The van der Waals surface area contributed by atoms with Crippen LogP contribution in [0.2, 0.25) is 5.02 Å². The molecule has 0 saturated heterocycles. The first-order chi connectivity index (χ1) is 6.74. The van der Waals surface area contributed by atoms with Crippen LogP contribution in [-0.4, -0.2) is 18.6 Å². The fourth-order valence-corrected chi connectivity index (χ4v) is 1.63. The third-order valence-electron chi connectivity index (χ3n) is 2.31. The van der Waals surface area contributed by atoms with Crippen molar-refractivity contribution in [3.05, 3.63) is 29.0 Å². The minimum atomic E-state index is 0.655. The maximum Gasteiger partial charge on any atom is 0.0621 e. The largest absolute Gasteiger partial charge is 0.320 e. The molecule has 0 saturated carbocycles. The molecule has 0 aliphatic carbocycles. The molecule has 0 aromatic carbocycles. The average Bonchev–Trinajstić information content (AvgIpc) is 2.18. The number of halogens is 1. The highest BCUT2D eigenvalue weighted by Gasteiger charge is 2.05. The summed E-state index contributed by atoms with van der Waals surface area (Å²) in [5.41, 5.74) is 1.20. The third kappa shape index (κ3) is 3.64. The van der Waals surface area contributed by atoms with Crippen molar-refractivity contribution < 1.29 is 0 Å². The molecular weight excluding hydrogens is 196 g/mol. The Kier molecular flexibility index (Phi) is 4.91. The summed E-state index contributed by atoms with van der Waals surface area (Å²) in [4.78, 5) is 3.97. The third-order valence-corrected chi connectivity index (χ3v) is 2.65. The number of aromatic nitrogens is 1. The van der Waals surface area contributed by atoms with Gasteiger partial charge in [-0.3, -0.25) is 4.98 Å². The molecule has 0 aliphatic rings. The molecule has 1 heterocycles. The van der Waals surface area contributed by atoms with Gasteiger partial charge in [0.1, 0.15) is 0 Å². The maximum atomic E-state index is 6.02. The lowest BCUT2D eigenvalue weighted by atomic mass is 9.99. The zero-order valence-electron chi connectivity index (χ0n) is 8.76. The van der Waals surface area contributed by atoms with Crippen LogP contribution in [0.5, 0.6) is 0 Å². The lowest BCUT2D eigenvalue weighted by Crippen LogP contribution is -2.12. The molecule has 0 bridgehead atoms. The molecule has 1 unspecified atom stereocenters. The van der Waals surface area contributed by atoms with Gasteiger partial charge in [-0.05, 0) is 44.0 Å². The summed E-state index contributed by atoms with van der Waals surface area (Å²) < 4.78 is 0. The first-order valence-electron chi connectivity index (χ1n) is 4.97. The van der Waals surface area contributed by atoms with Crippen molar-refractivity contribution in [2.45, 2.75) is 19.8 Å². The Bertz CT molecular complexity index is 276. The normalized spacial score (nSPS) is 12.8. The van der Waals surface area contributed by atoms with Crippen molar-refractivity contribution in [2.75, 3.05) is 13.6 Å². The SMILES string of the molecule is CNCCC(C)Cc1ccncc1Cl. The van der Waals surface area contributed by atoms with E-state index in [2.05, 4.69) is 17.2 Å². The molecule has 0 radical (unpaired) electrons. The molecular formula is C11H17ClN2. The highest BCUT2D eigenvalue weighted by atomic mass is 35.5. The number of pyridine rings is 1. The van der Waals surface area contributed by atoms with E-state index in [0.29, 0.717) is 5.92 Å². The molecule has 1 N–H and O–H groups in total. The van der Waals surface area contributed by atoms with Crippen LogP contribution in [0.25, 0.3) is 0 Å². The van der Waals surface area contributed by atoms with Crippen LogP contribution in [0.15, 0.2) is 18.5 Å². The van der Waals surface area contributed by atoms with E-state index in [1.165, 1.54) is 12.0 Å². The van der Waals surface area contributed by atoms with Gasteiger partial charge in [-0.25, -0.2) is 0 Å². The van der Waals surface area contributed by atoms with Gasteiger partial charge < -0.3 is 5.32 Å². The molecule has 0 spiro atoms. The van der Waals surface area contributed by atoms with Gasteiger partial charge >= 0.3 is 0 Å². The first kappa shape index (κ1) is 11.5. The van der Waals surface area contributed by atoms with Crippen LogP contribution >= 0.6 is 11.6 Å². The first-order valence-corrected chi connectivity index (χ1v) is 5.34. The van der Waals surface area contributed by atoms with Crippen LogP contribution in [0.1, 0.15) is 18.9 Å². The van der Waals surface area contributed by atoms with E-state index in [4.69, 9.17) is 11.6 Å². The van der Waals surface area contributed by atoms with Crippen molar-refractivity contribution in [2.24, 2.45) is 5.92 Å². The van der Waals surface area contributed by atoms with Crippen molar-refractivity contribution in [3.63, 3.8) is 0 Å². The molecule has 0 fully saturated rings. The highest BCUT2D eigenvalue weighted by molar-refractivity contribution is 6.31. The molecule has 1 aromatic rings. The van der Waals surface area contributed by atoms with Crippen molar-refractivity contribution in [1.29, 1.82) is 0 Å². The van der Waals surface area contributed by atoms with E-state index < -0.39 is 0 Å². The second kappa shape index (κ2) is 5.99. The summed E-state index contributed by atoms with van der Waals surface area (Å²) in [6, 6.07) is 2.00. The minimum Gasteiger partial charge on any atom is -0.320 e. The number of rotatable bonds is 5. The average molecular weight is 213 g/mol. The van der Waals surface area contributed by atoms with Crippen LogP contribution in [0.3, 0.4) is 0 Å². The Morgan fingerprint density at radius 2 is 2.36 bits per heavy atom. The van der Waals surface area contributed by atoms with Gasteiger partial charge in [-0.15, -0.1) is 0 Å². The Balaban J connectivity index is 2.47. The Labute approximate surface area is 90.7 Å². The molecule has 1 atom stereocenters. The maximum absolute atomic E-state index is 6.02. The minimum absolute atomic E-state index is 0.655. The zero-order valence-corrected chi connectivity index (χ0v) is 9.51. The van der Waals surface area contributed by atoms with Crippen LogP contribution in [-0.2, 0) is 6.42 Å². The van der Waals surface area contributed by atoms with Crippen molar-refractivity contribution in [3.8, 4) is 0 Å². The zero-order chi connectivity index (χ0) is 10.4. The number of nitrogens with one attached hydrogen (secondary N) is 1. The molecule has 0 aliphatic heterocycles. The van der Waals surface area contributed by atoms with Crippen LogP contribution < -0.4 is 5.32 Å². The van der Waals surface area contributed by atoms with Crippen molar-refractivity contribution in [1.82, 2.24) is 10.3 Å². The summed E-state index contributed by atoms with van der Waals surface area (Å²) in [5, 5.41) is 3.93. The number of hydrogen-bond acceptors (Lipinski definition) is 2. The van der Waals surface area contributed by atoms with E-state index in [9.17, 15) is 0 Å². The van der Waals surface area contributed by atoms with Crippen LogP contribution in [0, 0.1) is 5.92 Å². The lowest BCUT2D eigenvalue weighted by Gasteiger charge is -2.11. The second-order valence-electron chi connectivity index (χ2n) is 3.67. The summed E-state index contributed by atoms with van der Waals surface area (Å²) in [5.74, 6) is 0.655. The number of hydrogen-bond donors (Lipinski definition) is 1. The second-order valence-corrected chi connectivity index (χ2v) is 4.08. The predicted molar refractivity (Wildman–Crippen MR) is 60.7 cm³/mol. The summed E-state index contributed by atoms with van der Waals surface area (Å²) in [7, 11) is 1.98. The number of nitrogens with zero attached hydrogens (tertiary/aromatic N) is 1. The molecule has 14 heavy (non-hydrogen) atoms. The van der Waals surface area contributed by atoms with E-state index in [1.807, 2.05) is 13.1 Å². The van der Waals surface area contributed by atoms with E-state index in [0.717, 1.165) is 18.0 Å². The smallest absolute Gasteiger partial charge is 0.0621 e. The molecule has 2 nitrogen and oxygen atoms in total. The van der Waals surface area contributed by atoms with Crippen LogP contribution in [0.4, 0.5) is 0 Å². The summed E-state index contributed by atoms with van der Waals surface area (Å²) in [6.07, 6.45) is 5.71. The van der Waals surface area contributed by atoms with Gasteiger partial charge in [-0.1, -0.05) is 18.5 Å². The fourth-order valence-electron chi connectivity index (χ4n) is 1.44. The van der Waals surface area contributed by atoms with Gasteiger partial charge in [-0.2, -0.15) is 0 Å². The molecule has 78 valence electrons. The summed E-state index contributed by atoms with van der Waals surface area (Å²) >= 11 is 6.02. The molecule has 3 heteroatoms. The topological polar surface area (TPSA) is 24.9 Å². The highest BCUT2D eigenvalue weighted by Crippen LogP contribution is 2.18. The Hall–Kier alpha value is -0.600. The van der Waals surface area contributed by atoms with E-state index in [-0.39, 0.29) is 0 Å². The quantitative estimate of drug-likeness (QED) is 0.812. The molecule has 0 amide bonds. The van der Waals surface area contributed by atoms with Gasteiger partial charge in [0.2, 0.25) is 0 Å². The van der Waals surface area contributed by atoms with Gasteiger partial charge in [0, 0.05) is 12.4 Å². The fraction of sp³-hybridized carbons (Fsp3) is 0.545. The monoisotopic (exact) mass is 212 g/mol. The predicted octanol–water partition coefficient (Wildman–Crippen LogP) is 2.52. The summed E-state index contributed by atoms with van der Waals surface area (Å²) in [6.45, 7) is 3.30. The van der Waals surface area contributed by atoms with Gasteiger partial charge in [0.15, 0.2) is 0 Å². The van der Waals surface area contributed by atoms with Gasteiger partial charge in [0.25, 0.3) is 0 Å². The van der Waals surface area contributed by atoms with Crippen molar-refractivity contribution >= 4 is 11.6 Å². The molecule has 1 aromatic heterocycles. The molecule has 1 rings (SSSR count). The van der Waals surface area contributed by atoms with Gasteiger partial charge in [0.05, 0.1) is 5.02 Å². The standard InChI is InChI=1S/C11H17ClN2/c1-9(3-5-13-2)7-10-4-6-14-8-11(10)12/h4,6,8-9,13H,3,5,7H2,1-2H3. The Morgan fingerprint density at radius 3 is 3.00 bits per heavy atom. The van der Waals surface area contributed by atoms with E-state index in [1.54, 1.807) is 12.4 Å². The Morgan fingerprint density at radius 1 is 1.57 bits per heavy atom. The lowest BCUT2D eigenvalue weighted by molar-refractivity contribution is 0.515. The van der Waals surface area contributed by atoms with E-state index >= 15 is 0 Å².